The van der Waals surface area contributed by atoms with Crippen LogP contribution in [0, 0.1) is 0 Å². The molecule has 3 amide bonds. The second-order valence-electron chi connectivity index (χ2n) is 6.23. The summed E-state index contributed by atoms with van der Waals surface area (Å²) < 4.78 is 4.93. The standard InChI is InChI=1S/C16H22N2O5S/c1-10(14(21)17-15(22)18-16(2,3)4)23-13(20)8-7-11(19)12-6-5-9-24-12/h5-6,9-10H,7-8H2,1-4H3,(H2,17,18,21,22). The number of rotatable bonds is 6. The topological polar surface area (TPSA) is 102 Å². The number of ketones is 1. The lowest BCUT2D eigenvalue weighted by Gasteiger charge is -2.21. The molecule has 0 aromatic carbocycles. The molecule has 0 aliphatic rings. The van der Waals surface area contributed by atoms with Crippen molar-refractivity contribution in [2.75, 3.05) is 0 Å². The molecule has 2 N–H and O–H groups in total. The van der Waals surface area contributed by atoms with E-state index >= 15 is 0 Å². The van der Waals surface area contributed by atoms with Gasteiger partial charge in [0.1, 0.15) is 0 Å². The van der Waals surface area contributed by atoms with Crippen LogP contribution in [0.5, 0.6) is 0 Å². The molecule has 1 aromatic rings. The fraction of sp³-hybridized carbons (Fsp3) is 0.500. The van der Waals surface area contributed by atoms with Crippen molar-refractivity contribution in [2.45, 2.75) is 52.2 Å². The molecule has 0 radical (unpaired) electrons. The number of hydrogen-bond donors (Lipinski definition) is 2. The van der Waals surface area contributed by atoms with Crippen molar-refractivity contribution in [2.24, 2.45) is 0 Å². The average Bonchev–Trinajstić information content (AvgIpc) is 2.96. The van der Waals surface area contributed by atoms with Gasteiger partial charge in [-0.1, -0.05) is 6.07 Å². The Kier molecular flexibility index (Phi) is 7.09. The van der Waals surface area contributed by atoms with E-state index in [1.165, 1.54) is 18.3 Å². The number of esters is 1. The van der Waals surface area contributed by atoms with E-state index in [-0.39, 0.29) is 18.6 Å². The maximum absolute atomic E-state index is 11.8. The smallest absolute Gasteiger partial charge is 0.321 e. The molecule has 0 saturated heterocycles. The summed E-state index contributed by atoms with van der Waals surface area (Å²) in [5.41, 5.74) is -0.494. The van der Waals surface area contributed by atoms with Crippen LogP contribution in [0.3, 0.4) is 0 Å². The van der Waals surface area contributed by atoms with Crippen molar-refractivity contribution in [1.29, 1.82) is 0 Å². The quantitative estimate of drug-likeness (QED) is 0.603. The molecular weight excluding hydrogens is 332 g/mol. The Balaban J connectivity index is 2.36. The highest BCUT2D eigenvalue weighted by Gasteiger charge is 2.22. The first-order valence-electron chi connectivity index (χ1n) is 7.47. The number of urea groups is 1. The Morgan fingerprint density at radius 2 is 1.88 bits per heavy atom. The predicted octanol–water partition coefficient (Wildman–Crippen LogP) is 2.27. The molecule has 0 saturated carbocycles. The van der Waals surface area contributed by atoms with Gasteiger partial charge in [0.25, 0.3) is 5.91 Å². The minimum atomic E-state index is -1.12. The second kappa shape index (κ2) is 8.58. The third-order valence-corrected chi connectivity index (χ3v) is 3.67. The largest absolute Gasteiger partial charge is 0.453 e. The Morgan fingerprint density at radius 1 is 1.21 bits per heavy atom. The summed E-state index contributed by atoms with van der Waals surface area (Å²) in [6.45, 7) is 6.67. The van der Waals surface area contributed by atoms with Crippen LogP contribution in [0.2, 0.25) is 0 Å². The van der Waals surface area contributed by atoms with Crippen molar-refractivity contribution in [1.82, 2.24) is 10.6 Å². The number of nitrogens with one attached hydrogen (secondary N) is 2. The fourth-order valence-corrected chi connectivity index (χ4v) is 2.37. The van der Waals surface area contributed by atoms with Gasteiger partial charge < -0.3 is 10.1 Å². The van der Waals surface area contributed by atoms with E-state index in [9.17, 15) is 19.2 Å². The van der Waals surface area contributed by atoms with Crippen molar-refractivity contribution in [3.8, 4) is 0 Å². The minimum absolute atomic E-state index is 0.0121. The number of carbonyl (C=O) groups is 4. The van der Waals surface area contributed by atoms with Crippen LogP contribution in [-0.2, 0) is 14.3 Å². The Morgan fingerprint density at radius 3 is 2.42 bits per heavy atom. The number of amides is 3. The molecule has 8 heteroatoms. The summed E-state index contributed by atoms with van der Waals surface area (Å²) in [4.78, 5) is 47.4. The highest BCUT2D eigenvalue weighted by Crippen LogP contribution is 2.12. The van der Waals surface area contributed by atoms with Gasteiger partial charge in [-0.3, -0.25) is 19.7 Å². The summed E-state index contributed by atoms with van der Waals surface area (Å²) in [7, 11) is 0. The summed E-state index contributed by atoms with van der Waals surface area (Å²) in [5.74, 6) is -1.54. The van der Waals surface area contributed by atoms with Crippen LogP contribution in [0.1, 0.15) is 50.2 Å². The first-order chi connectivity index (χ1) is 11.1. The van der Waals surface area contributed by atoms with E-state index in [4.69, 9.17) is 4.74 Å². The van der Waals surface area contributed by atoms with Gasteiger partial charge in [0.05, 0.1) is 11.3 Å². The van der Waals surface area contributed by atoms with Crippen molar-refractivity contribution < 1.29 is 23.9 Å². The Labute approximate surface area is 144 Å². The molecule has 0 bridgehead atoms. The fourth-order valence-electron chi connectivity index (χ4n) is 1.67. The van der Waals surface area contributed by atoms with Crippen LogP contribution in [-0.4, -0.2) is 35.3 Å². The van der Waals surface area contributed by atoms with Gasteiger partial charge in [0.2, 0.25) is 0 Å². The third kappa shape index (κ3) is 7.36. The first-order valence-corrected chi connectivity index (χ1v) is 8.35. The van der Waals surface area contributed by atoms with Crippen LogP contribution < -0.4 is 10.6 Å². The number of carbonyl (C=O) groups excluding carboxylic acids is 4. The lowest BCUT2D eigenvalue weighted by Crippen LogP contribution is -2.50. The van der Waals surface area contributed by atoms with Crippen LogP contribution in [0.15, 0.2) is 17.5 Å². The van der Waals surface area contributed by atoms with Gasteiger partial charge in [-0.2, -0.15) is 0 Å². The minimum Gasteiger partial charge on any atom is -0.453 e. The highest BCUT2D eigenvalue weighted by molar-refractivity contribution is 7.12. The number of hydrogen-bond acceptors (Lipinski definition) is 6. The molecule has 0 aliphatic heterocycles. The number of ether oxygens (including phenoxy) is 1. The zero-order valence-electron chi connectivity index (χ0n) is 14.2. The van der Waals surface area contributed by atoms with Crippen molar-refractivity contribution in [3.63, 3.8) is 0 Å². The zero-order valence-corrected chi connectivity index (χ0v) is 15.0. The monoisotopic (exact) mass is 354 g/mol. The van der Waals surface area contributed by atoms with Gasteiger partial charge >= 0.3 is 12.0 Å². The Hall–Kier alpha value is -2.22. The maximum atomic E-state index is 11.8. The van der Waals surface area contributed by atoms with E-state index in [0.29, 0.717) is 4.88 Å². The Bertz CT molecular complexity index is 604. The normalized spacial score (nSPS) is 12.2. The SMILES string of the molecule is CC(OC(=O)CCC(=O)c1cccs1)C(=O)NC(=O)NC(C)(C)C. The predicted molar refractivity (Wildman–Crippen MR) is 89.9 cm³/mol. The summed E-state index contributed by atoms with van der Waals surface area (Å²) >= 11 is 1.30. The molecule has 1 rings (SSSR count). The van der Waals surface area contributed by atoms with E-state index in [0.717, 1.165) is 0 Å². The van der Waals surface area contributed by atoms with E-state index in [1.54, 1.807) is 38.3 Å². The molecule has 1 unspecified atom stereocenters. The molecule has 1 aromatic heterocycles. The maximum Gasteiger partial charge on any atom is 0.321 e. The zero-order chi connectivity index (χ0) is 18.3. The second-order valence-corrected chi connectivity index (χ2v) is 7.17. The average molecular weight is 354 g/mol. The molecule has 132 valence electrons. The first kappa shape index (κ1) is 19.8. The summed E-state index contributed by atoms with van der Waals surface area (Å²) in [5, 5.41) is 6.43. The van der Waals surface area contributed by atoms with Crippen LogP contribution in [0.25, 0.3) is 0 Å². The number of imide groups is 1. The van der Waals surface area contributed by atoms with Gasteiger partial charge in [0, 0.05) is 12.0 Å². The van der Waals surface area contributed by atoms with Crippen molar-refractivity contribution >= 4 is 35.0 Å². The van der Waals surface area contributed by atoms with Gasteiger partial charge in [0.15, 0.2) is 11.9 Å². The van der Waals surface area contributed by atoms with Gasteiger partial charge in [-0.15, -0.1) is 11.3 Å². The molecule has 0 aliphatic carbocycles. The number of Topliss-reactive ketones (excluding diaryl/α,β-unsaturated/α-hetero) is 1. The van der Waals surface area contributed by atoms with E-state index in [2.05, 4.69) is 10.6 Å². The van der Waals surface area contributed by atoms with Crippen LogP contribution in [0.4, 0.5) is 4.79 Å². The lowest BCUT2D eigenvalue weighted by molar-refractivity contribution is -0.154. The summed E-state index contributed by atoms with van der Waals surface area (Å²) in [6.07, 6.45) is -1.24. The summed E-state index contributed by atoms with van der Waals surface area (Å²) in [6, 6.07) is 2.77. The van der Waals surface area contributed by atoms with Gasteiger partial charge in [-0.25, -0.2) is 4.79 Å². The van der Waals surface area contributed by atoms with Gasteiger partial charge in [-0.05, 0) is 39.1 Å². The number of thiophene rings is 1. The van der Waals surface area contributed by atoms with E-state index < -0.39 is 29.6 Å². The molecule has 1 atom stereocenters. The molecule has 0 fully saturated rings. The lowest BCUT2D eigenvalue weighted by atomic mass is 10.1. The molecule has 7 nitrogen and oxygen atoms in total. The van der Waals surface area contributed by atoms with E-state index in [1.807, 2.05) is 0 Å². The molecule has 24 heavy (non-hydrogen) atoms. The molecule has 0 spiro atoms. The molecule has 1 heterocycles. The molecular formula is C16H22N2O5S. The third-order valence-electron chi connectivity index (χ3n) is 2.75. The van der Waals surface area contributed by atoms with Crippen molar-refractivity contribution in [3.05, 3.63) is 22.4 Å². The highest BCUT2D eigenvalue weighted by atomic mass is 32.1. The van der Waals surface area contributed by atoms with Crippen LogP contribution >= 0.6 is 11.3 Å².